The molecule has 0 aromatic heterocycles. The summed E-state index contributed by atoms with van der Waals surface area (Å²) < 4.78 is 0. The molecule has 0 heteroatoms. The molecular weight excluding hydrogens is 528 g/mol. The van der Waals surface area contributed by atoms with Gasteiger partial charge in [-0.05, 0) is 111 Å². The van der Waals surface area contributed by atoms with Crippen molar-refractivity contribution in [2.24, 2.45) is 0 Å². The predicted octanol–water partition coefficient (Wildman–Crippen LogP) is 10.6. The van der Waals surface area contributed by atoms with Crippen molar-refractivity contribution >= 4 is 32.3 Å². The molecule has 44 heavy (non-hydrogen) atoms. The molecular formula is C44H26. The number of benzene rings is 8. The van der Waals surface area contributed by atoms with E-state index in [2.05, 4.69) is 133 Å². The zero-order chi connectivity index (χ0) is 28.3. The van der Waals surface area contributed by atoms with E-state index in [1.54, 1.807) is 0 Å². The second-order valence-corrected chi connectivity index (χ2v) is 13.4. The average Bonchev–Trinajstić information content (AvgIpc) is 3.09. The van der Waals surface area contributed by atoms with Crippen molar-refractivity contribution < 1.29 is 0 Å². The summed E-state index contributed by atoms with van der Waals surface area (Å²) in [5, 5.41) is 8.54. The van der Waals surface area contributed by atoms with E-state index in [1.165, 1.54) is 99.1 Å². The fourth-order valence-electron chi connectivity index (χ4n) is 10.3. The van der Waals surface area contributed by atoms with E-state index in [-0.39, 0.29) is 11.8 Å². The van der Waals surface area contributed by atoms with Crippen LogP contribution in [0.25, 0.3) is 32.3 Å². The average molecular weight is 555 g/mol. The fourth-order valence-corrected chi connectivity index (χ4v) is 10.3. The maximum Gasteiger partial charge on any atom is 0.0355 e. The van der Waals surface area contributed by atoms with Crippen molar-refractivity contribution in [3.05, 3.63) is 200 Å². The van der Waals surface area contributed by atoms with Gasteiger partial charge in [0.2, 0.25) is 0 Å². The summed E-state index contributed by atoms with van der Waals surface area (Å²) in [6.45, 7) is 0. The Balaban J connectivity index is 1.21. The Kier molecular flexibility index (Phi) is 3.79. The summed E-state index contributed by atoms with van der Waals surface area (Å²) >= 11 is 0. The summed E-state index contributed by atoms with van der Waals surface area (Å²) in [5.41, 5.74) is 18.0. The maximum atomic E-state index is 2.55. The van der Waals surface area contributed by atoms with Crippen molar-refractivity contribution in [3.8, 4) is 0 Å². The van der Waals surface area contributed by atoms with Crippen LogP contribution in [0.5, 0.6) is 0 Å². The molecule has 0 nitrogen and oxygen atoms in total. The van der Waals surface area contributed by atoms with Gasteiger partial charge in [-0.25, -0.2) is 0 Å². The van der Waals surface area contributed by atoms with Crippen molar-refractivity contribution in [1.29, 1.82) is 0 Å². The first kappa shape index (κ1) is 22.4. The van der Waals surface area contributed by atoms with E-state index in [0.29, 0.717) is 11.8 Å². The van der Waals surface area contributed by atoms with Crippen molar-refractivity contribution in [1.82, 2.24) is 0 Å². The highest BCUT2D eigenvalue weighted by molar-refractivity contribution is 6.25. The number of hydrogen-bond donors (Lipinski definition) is 0. The predicted molar refractivity (Wildman–Crippen MR) is 180 cm³/mol. The first-order valence-electron chi connectivity index (χ1n) is 16.0. The summed E-state index contributed by atoms with van der Waals surface area (Å²) in [6, 6.07) is 51.7. The molecule has 14 rings (SSSR count). The maximum absolute atomic E-state index is 2.55. The molecule has 4 bridgehead atoms. The van der Waals surface area contributed by atoms with E-state index >= 15 is 0 Å². The van der Waals surface area contributed by atoms with Crippen LogP contribution in [0.1, 0.15) is 90.4 Å². The third-order valence-corrected chi connectivity index (χ3v) is 11.7. The minimum atomic E-state index is 0.274. The van der Waals surface area contributed by atoms with Crippen LogP contribution in [0.4, 0.5) is 0 Å². The monoisotopic (exact) mass is 554 g/mol. The largest absolute Gasteiger partial charge is 0.0619 e. The Bertz CT molecular complexity index is 2310. The molecule has 0 saturated heterocycles. The van der Waals surface area contributed by atoms with Crippen LogP contribution < -0.4 is 0 Å². The Morgan fingerprint density at radius 3 is 0.886 bits per heavy atom. The molecule has 0 spiro atoms. The lowest BCUT2D eigenvalue weighted by Crippen LogP contribution is -2.28. The summed E-state index contributed by atoms with van der Waals surface area (Å²) in [7, 11) is 0. The molecule has 0 aliphatic heterocycles. The zero-order valence-electron chi connectivity index (χ0n) is 24.0. The van der Waals surface area contributed by atoms with Crippen LogP contribution in [0.15, 0.2) is 133 Å². The lowest BCUT2D eigenvalue weighted by atomic mass is 9.59. The summed E-state index contributed by atoms with van der Waals surface area (Å²) in [5.74, 6) is 1.13. The van der Waals surface area contributed by atoms with Crippen LogP contribution >= 0.6 is 0 Å². The van der Waals surface area contributed by atoms with Gasteiger partial charge >= 0.3 is 0 Å². The molecule has 0 atom stereocenters. The fraction of sp³-hybridized carbons (Fsp3) is 0.0909. The van der Waals surface area contributed by atoms with E-state index in [0.717, 1.165) is 0 Å². The van der Waals surface area contributed by atoms with Gasteiger partial charge < -0.3 is 0 Å². The Morgan fingerprint density at radius 2 is 0.568 bits per heavy atom. The molecule has 6 aliphatic rings. The standard InChI is InChI=1S/C44H26/c1-5-13-29-25(9-1)39-26-10-2-6-14-30(26)41(29)43-33-19-18-24-22-36-40-27-11-3-7-15-31(27)42(32-16-8-4-12-28(32)40)44(36)34-20-17-23(21-35(39)43)37(33)38(24)34/h1-22,39-42H. The lowest BCUT2D eigenvalue weighted by molar-refractivity contribution is 0.761. The van der Waals surface area contributed by atoms with E-state index in [9.17, 15) is 0 Å². The molecule has 0 saturated carbocycles. The van der Waals surface area contributed by atoms with Gasteiger partial charge in [0.25, 0.3) is 0 Å². The minimum absolute atomic E-state index is 0.274. The van der Waals surface area contributed by atoms with Gasteiger partial charge in [-0.3, -0.25) is 0 Å². The molecule has 0 amide bonds. The molecule has 0 fully saturated rings. The number of hydrogen-bond acceptors (Lipinski definition) is 0. The van der Waals surface area contributed by atoms with Crippen molar-refractivity contribution in [2.45, 2.75) is 23.7 Å². The molecule has 0 radical (unpaired) electrons. The van der Waals surface area contributed by atoms with Crippen LogP contribution in [-0.4, -0.2) is 0 Å². The lowest BCUT2D eigenvalue weighted by Gasteiger charge is -2.44. The van der Waals surface area contributed by atoms with Gasteiger partial charge in [-0.15, -0.1) is 0 Å². The quantitative estimate of drug-likeness (QED) is 0.164. The molecule has 0 heterocycles. The SMILES string of the molecule is c1ccc2c(c1)C1c3ccccc3C2c2c1cc1ccc3c4c(cc5ccc2c1c53)C1c2ccccc2C4c2ccccc21. The summed E-state index contributed by atoms with van der Waals surface area (Å²) in [4.78, 5) is 0. The van der Waals surface area contributed by atoms with E-state index in [4.69, 9.17) is 0 Å². The van der Waals surface area contributed by atoms with Gasteiger partial charge in [-0.2, -0.15) is 0 Å². The van der Waals surface area contributed by atoms with Gasteiger partial charge in [0, 0.05) is 23.7 Å². The van der Waals surface area contributed by atoms with Gasteiger partial charge in [0.1, 0.15) is 0 Å². The molecule has 202 valence electrons. The third kappa shape index (κ3) is 2.38. The number of rotatable bonds is 0. The van der Waals surface area contributed by atoms with Crippen LogP contribution in [0, 0.1) is 0 Å². The van der Waals surface area contributed by atoms with Crippen LogP contribution in [-0.2, 0) is 0 Å². The topological polar surface area (TPSA) is 0 Å². The van der Waals surface area contributed by atoms with Gasteiger partial charge in [0.15, 0.2) is 0 Å². The van der Waals surface area contributed by atoms with E-state index < -0.39 is 0 Å². The Labute approximate surface area is 255 Å². The molecule has 0 unspecified atom stereocenters. The second kappa shape index (κ2) is 7.47. The Morgan fingerprint density at radius 1 is 0.273 bits per heavy atom. The molecule has 6 aliphatic carbocycles. The van der Waals surface area contributed by atoms with Gasteiger partial charge in [-0.1, -0.05) is 121 Å². The summed E-state index contributed by atoms with van der Waals surface area (Å²) in [6.07, 6.45) is 0. The highest BCUT2D eigenvalue weighted by Gasteiger charge is 2.44. The Hall–Kier alpha value is -5.20. The smallest absolute Gasteiger partial charge is 0.0355 e. The van der Waals surface area contributed by atoms with Gasteiger partial charge in [0.05, 0.1) is 0 Å². The highest BCUT2D eigenvalue weighted by atomic mass is 14.5. The van der Waals surface area contributed by atoms with E-state index in [1.807, 2.05) is 0 Å². The molecule has 0 N–H and O–H groups in total. The molecule has 8 aromatic carbocycles. The second-order valence-electron chi connectivity index (χ2n) is 13.4. The van der Waals surface area contributed by atoms with Crippen molar-refractivity contribution in [2.75, 3.05) is 0 Å². The minimum Gasteiger partial charge on any atom is -0.0619 e. The molecule has 8 aromatic rings. The first-order valence-corrected chi connectivity index (χ1v) is 16.0. The third-order valence-electron chi connectivity index (χ3n) is 11.7. The van der Waals surface area contributed by atoms with Crippen molar-refractivity contribution in [3.63, 3.8) is 0 Å². The normalized spacial score (nSPS) is 21.2. The van der Waals surface area contributed by atoms with Crippen LogP contribution in [0.2, 0.25) is 0 Å². The van der Waals surface area contributed by atoms with Crippen LogP contribution in [0.3, 0.4) is 0 Å². The zero-order valence-corrected chi connectivity index (χ0v) is 24.0. The highest BCUT2D eigenvalue weighted by Crippen LogP contribution is 2.61. The first-order chi connectivity index (χ1) is 21.9.